The smallest absolute Gasteiger partial charge is 0.260 e. The third-order valence-electron chi connectivity index (χ3n) is 6.18. The summed E-state index contributed by atoms with van der Waals surface area (Å²) in [6.45, 7) is 0.563. The number of hydrogen-bond donors (Lipinski definition) is 1. The molecule has 0 radical (unpaired) electrons. The minimum atomic E-state index is -0.559. The highest BCUT2D eigenvalue weighted by molar-refractivity contribution is 7.13. The highest BCUT2D eigenvalue weighted by atomic mass is 32.1. The Bertz CT molecular complexity index is 1370. The van der Waals surface area contributed by atoms with Gasteiger partial charge in [-0.2, -0.15) is 4.39 Å². The monoisotopic (exact) mass is 479 g/mol. The molecule has 4 aromatic rings. The predicted octanol–water partition coefficient (Wildman–Crippen LogP) is 3.99. The van der Waals surface area contributed by atoms with E-state index in [1.54, 1.807) is 30.1 Å². The summed E-state index contributed by atoms with van der Waals surface area (Å²) >= 11 is 0.913. The summed E-state index contributed by atoms with van der Waals surface area (Å²) in [4.78, 5) is 21.8. The molecule has 1 atom stereocenters. The first-order chi connectivity index (χ1) is 16.6. The van der Waals surface area contributed by atoms with E-state index in [4.69, 9.17) is 4.74 Å². The zero-order valence-corrected chi connectivity index (χ0v) is 19.3. The third-order valence-corrected chi connectivity index (χ3v) is 7.12. The zero-order valence-electron chi connectivity index (χ0n) is 18.4. The Morgan fingerprint density at radius 3 is 3.00 bits per heavy atom. The number of nitrogens with one attached hydrogen (secondary N) is 1. The molecular formula is C23H22FN7O2S. The molecule has 0 unspecified atom stereocenters. The third kappa shape index (κ3) is 3.80. The van der Waals surface area contributed by atoms with Gasteiger partial charge in [0.1, 0.15) is 28.7 Å². The van der Waals surface area contributed by atoms with E-state index in [0.29, 0.717) is 34.9 Å². The molecule has 4 aromatic heterocycles. The summed E-state index contributed by atoms with van der Waals surface area (Å²) in [5.74, 6) is 1.78. The molecule has 0 saturated heterocycles. The van der Waals surface area contributed by atoms with E-state index in [1.807, 2.05) is 16.8 Å². The van der Waals surface area contributed by atoms with Crippen LogP contribution in [0.2, 0.25) is 0 Å². The van der Waals surface area contributed by atoms with Crippen molar-refractivity contribution in [1.29, 1.82) is 0 Å². The molecule has 1 N–H and O–H groups in total. The number of anilines is 1. The van der Waals surface area contributed by atoms with Crippen LogP contribution in [0.25, 0.3) is 16.5 Å². The number of imidazole rings is 1. The molecule has 0 spiro atoms. The van der Waals surface area contributed by atoms with E-state index >= 15 is 0 Å². The van der Waals surface area contributed by atoms with Crippen molar-refractivity contribution in [3.63, 3.8) is 0 Å². The molecule has 1 saturated carbocycles. The van der Waals surface area contributed by atoms with Crippen molar-refractivity contribution in [2.24, 2.45) is 0 Å². The van der Waals surface area contributed by atoms with E-state index < -0.39 is 11.0 Å². The van der Waals surface area contributed by atoms with Gasteiger partial charge in [-0.15, -0.1) is 10.2 Å². The molecule has 11 heteroatoms. The van der Waals surface area contributed by atoms with Gasteiger partial charge in [0.05, 0.1) is 23.9 Å². The molecular weight excluding hydrogens is 457 g/mol. The molecule has 9 nitrogen and oxygen atoms in total. The lowest BCUT2D eigenvalue weighted by atomic mass is 10.2. The maximum atomic E-state index is 14.7. The van der Waals surface area contributed by atoms with Crippen LogP contribution in [0.5, 0.6) is 0 Å². The fourth-order valence-electron chi connectivity index (χ4n) is 4.33. The molecule has 174 valence electrons. The highest BCUT2D eigenvalue weighted by Gasteiger charge is 2.29. The van der Waals surface area contributed by atoms with E-state index in [1.165, 1.54) is 6.07 Å². The number of carbonyl (C=O) groups is 1. The second-order valence-corrected chi connectivity index (χ2v) is 9.55. The SMILES string of the molecule is COC[C@@H]1CCc2nnc(-c3cccc(NC(=O)c4cc(-n5cnc(C6CC6)c5)sc4F)n3)n21. The lowest BCUT2D eigenvalue weighted by molar-refractivity contribution is 0.102. The molecule has 0 bridgehead atoms. The summed E-state index contributed by atoms with van der Waals surface area (Å²) in [5, 5.41) is 11.3. The van der Waals surface area contributed by atoms with E-state index in [0.717, 1.165) is 48.5 Å². The average Bonchev–Trinajstić information content (AvgIpc) is 3.19. The molecule has 5 heterocycles. The number of aryl methyl sites for hydroxylation is 1. The normalized spacial score (nSPS) is 17.2. The van der Waals surface area contributed by atoms with Gasteiger partial charge in [0.2, 0.25) is 0 Å². The number of nitrogens with zero attached hydrogens (tertiary/aromatic N) is 6. The van der Waals surface area contributed by atoms with Crippen molar-refractivity contribution < 1.29 is 13.9 Å². The first kappa shape index (κ1) is 21.1. The summed E-state index contributed by atoms with van der Waals surface area (Å²) in [7, 11) is 1.67. The van der Waals surface area contributed by atoms with Gasteiger partial charge in [0.15, 0.2) is 11.0 Å². The number of pyridine rings is 1. The van der Waals surface area contributed by atoms with Crippen LogP contribution in [0.4, 0.5) is 10.2 Å². The molecule has 34 heavy (non-hydrogen) atoms. The second kappa shape index (κ2) is 8.41. The van der Waals surface area contributed by atoms with Gasteiger partial charge in [-0.3, -0.25) is 9.36 Å². The van der Waals surface area contributed by atoms with Crippen molar-refractivity contribution in [1.82, 2.24) is 29.3 Å². The number of thiophene rings is 1. The van der Waals surface area contributed by atoms with Crippen LogP contribution in [0, 0.1) is 5.13 Å². The van der Waals surface area contributed by atoms with Crippen LogP contribution < -0.4 is 5.32 Å². The van der Waals surface area contributed by atoms with Crippen LogP contribution in [-0.4, -0.2) is 48.9 Å². The quantitative estimate of drug-likeness (QED) is 0.430. The van der Waals surface area contributed by atoms with Gasteiger partial charge in [0.25, 0.3) is 5.91 Å². The number of rotatable bonds is 7. The van der Waals surface area contributed by atoms with Crippen LogP contribution >= 0.6 is 11.3 Å². The van der Waals surface area contributed by atoms with Crippen LogP contribution in [0.1, 0.15) is 53.1 Å². The number of methoxy groups -OCH3 is 1. The minimum absolute atomic E-state index is 0.0302. The largest absolute Gasteiger partial charge is 0.383 e. The van der Waals surface area contributed by atoms with Gasteiger partial charge < -0.3 is 14.6 Å². The minimum Gasteiger partial charge on any atom is -0.383 e. The second-order valence-electron chi connectivity index (χ2n) is 8.57. The average molecular weight is 480 g/mol. The fourth-order valence-corrected chi connectivity index (χ4v) is 5.15. The summed E-state index contributed by atoms with van der Waals surface area (Å²) < 4.78 is 23.8. The Kier molecular flexibility index (Phi) is 5.22. The van der Waals surface area contributed by atoms with Gasteiger partial charge in [-0.25, -0.2) is 9.97 Å². The maximum absolute atomic E-state index is 14.7. The van der Waals surface area contributed by atoms with E-state index in [2.05, 4.69) is 25.5 Å². The lowest BCUT2D eigenvalue weighted by Crippen LogP contribution is -2.14. The van der Waals surface area contributed by atoms with Crippen molar-refractivity contribution in [3.05, 3.63) is 59.0 Å². The Morgan fingerprint density at radius 1 is 1.29 bits per heavy atom. The molecule has 1 aliphatic heterocycles. The van der Waals surface area contributed by atoms with Crippen LogP contribution in [-0.2, 0) is 11.2 Å². The predicted molar refractivity (Wildman–Crippen MR) is 124 cm³/mol. The Labute approximate surface area is 198 Å². The van der Waals surface area contributed by atoms with Gasteiger partial charge in [-0.05, 0) is 37.5 Å². The molecule has 1 aliphatic carbocycles. The number of amides is 1. The number of hydrogen-bond acceptors (Lipinski definition) is 7. The topological polar surface area (TPSA) is 99.8 Å². The standard InChI is InChI=1S/C23H22FN7O2S/c1-33-11-14-7-8-19-28-29-22(31(14)19)16-3-2-4-18(26-16)27-23(32)15-9-20(34-21(15)24)30-10-17(25-12-30)13-5-6-13/h2-4,9-10,12-14H,5-8,11H2,1H3,(H,26,27,32)/t14-/m0/s1. The molecule has 1 fully saturated rings. The van der Waals surface area contributed by atoms with Gasteiger partial charge in [-0.1, -0.05) is 17.4 Å². The molecule has 1 amide bonds. The number of ether oxygens (including phenoxy) is 1. The van der Waals surface area contributed by atoms with Gasteiger partial charge in [0, 0.05) is 25.6 Å². The van der Waals surface area contributed by atoms with Crippen molar-refractivity contribution in [3.8, 4) is 16.5 Å². The van der Waals surface area contributed by atoms with Crippen molar-refractivity contribution >= 4 is 23.1 Å². The zero-order chi connectivity index (χ0) is 23.2. The molecule has 2 aliphatic rings. The number of aromatic nitrogens is 6. The lowest BCUT2D eigenvalue weighted by Gasteiger charge is -2.14. The Morgan fingerprint density at radius 2 is 2.18 bits per heavy atom. The van der Waals surface area contributed by atoms with E-state index in [9.17, 15) is 9.18 Å². The number of carbonyl (C=O) groups excluding carboxylic acids is 1. The maximum Gasteiger partial charge on any atom is 0.260 e. The van der Waals surface area contributed by atoms with Crippen molar-refractivity contribution in [2.75, 3.05) is 19.0 Å². The Balaban J connectivity index is 1.23. The molecule has 0 aromatic carbocycles. The number of halogens is 1. The van der Waals surface area contributed by atoms with Crippen LogP contribution in [0.15, 0.2) is 36.8 Å². The summed E-state index contributed by atoms with van der Waals surface area (Å²) in [6, 6.07) is 6.94. The van der Waals surface area contributed by atoms with Crippen molar-refractivity contribution in [2.45, 2.75) is 37.6 Å². The molecule has 6 rings (SSSR count). The number of fused-ring (bicyclic) bond motifs is 1. The van der Waals surface area contributed by atoms with Gasteiger partial charge >= 0.3 is 0 Å². The summed E-state index contributed by atoms with van der Waals surface area (Å²) in [6.07, 6.45) is 7.61. The first-order valence-corrected chi connectivity index (χ1v) is 12.0. The van der Waals surface area contributed by atoms with Crippen LogP contribution in [0.3, 0.4) is 0 Å². The first-order valence-electron chi connectivity index (χ1n) is 11.2. The van der Waals surface area contributed by atoms with E-state index in [-0.39, 0.29) is 11.6 Å². The fraction of sp³-hybridized carbons (Fsp3) is 0.348. The summed E-state index contributed by atoms with van der Waals surface area (Å²) in [5.41, 5.74) is 1.56. The Hall–Kier alpha value is -3.44. The highest BCUT2D eigenvalue weighted by Crippen LogP contribution is 2.39.